The van der Waals surface area contributed by atoms with Crippen molar-refractivity contribution in [2.45, 2.75) is 245 Å². The monoisotopic (exact) mass is 1030 g/mol. The lowest BCUT2D eigenvalue weighted by Crippen LogP contribution is -2.30. The topological polar surface area (TPSA) is 78.9 Å². The number of rotatable bonds is 52. The summed E-state index contributed by atoms with van der Waals surface area (Å²) in [5.41, 5.74) is 0. The molecule has 1 atom stereocenters. The first-order valence-electron chi connectivity index (χ1n) is 30.0. The number of carbonyl (C=O) groups excluding carboxylic acids is 3. The molecule has 0 aromatic carbocycles. The number of hydrogen-bond donors (Lipinski definition) is 0. The Morgan fingerprint density at radius 1 is 0.280 bits per heavy atom. The Balaban J connectivity index is 4.47. The van der Waals surface area contributed by atoms with Crippen LogP contribution in [0.2, 0.25) is 0 Å². The van der Waals surface area contributed by atoms with Crippen LogP contribution in [-0.4, -0.2) is 37.2 Å². The van der Waals surface area contributed by atoms with E-state index in [0.29, 0.717) is 25.7 Å². The molecule has 0 amide bonds. The predicted octanol–water partition coefficient (Wildman–Crippen LogP) is 20.5. The standard InChI is InChI=1S/C69H108O6/c1-4-7-10-13-16-19-22-25-27-29-30-31-32-33-34-35-36-37-38-40-41-44-47-50-53-56-59-62-68(71)74-65-66(64-73-67(70)61-58-55-52-49-46-43-24-21-18-15-12-9-6-3)75-69(72)63-60-57-54-51-48-45-42-39-28-26-23-20-17-14-11-8-5-2/h7-8,10-12,15-17,19-21,24-28,30-31,33-34,36-37,40-41,47,50,66H,4-6,9,13-14,18,22-23,29,32,35,38-39,42-46,48-49,51-65H2,1-3H3/b10-7-,11-8-,15-12-,19-16-,20-17-,24-21-,27-25-,28-26-,31-30-,34-33-,37-36-,41-40-,50-47-. The molecule has 0 N–H and O–H groups in total. The van der Waals surface area contributed by atoms with Crippen molar-refractivity contribution in [1.29, 1.82) is 0 Å². The fraction of sp³-hybridized carbons (Fsp3) is 0.580. The van der Waals surface area contributed by atoms with Gasteiger partial charge in [0.1, 0.15) is 13.2 Å². The third-order valence-electron chi connectivity index (χ3n) is 12.0. The first-order valence-corrected chi connectivity index (χ1v) is 30.0. The molecule has 1 unspecified atom stereocenters. The molecule has 0 spiro atoms. The van der Waals surface area contributed by atoms with E-state index < -0.39 is 6.10 Å². The van der Waals surface area contributed by atoms with Gasteiger partial charge in [-0.05, 0) is 141 Å². The molecule has 0 saturated heterocycles. The van der Waals surface area contributed by atoms with Crippen LogP contribution in [0.25, 0.3) is 0 Å². The summed E-state index contributed by atoms with van der Waals surface area (Å²) >= 11 is 0. The Morgan fingerprint density at radius 3 is 0.840 bits per heavy atom. The van der Waals surface area contributed by atoms with Gasteiger partial charge >= 0.3 is 17.9 Å². The minimum Gasteiger partial charge on any atom is -0.462 e. The van der Waals surface area contributed by atoms with Crippen molar-refractivity contribution < 1.29 is 28.6 Å². The lowest BCUT2D eigenvalue weighted by atomic mass is 10.1. The van der Waals surface area contributed by atoms with E-state index in [1.54, 1.807) is 0 Å². The molecule has 0 radical (unpaired) electrons. The summed E-state index contributed by atoms with van der Waals surface area (Å²) in [5, 5.41) is 0. The zero-order valence-electron chi connectivity index (χ0n) is 48.0. The van der Waals surface area contributed by atoms with Crippen molar-refractivity contribution in [3.05, 3.63) is 158 Å². The third-order valence-corrected chi connectivity index (χ3v) is 12.0. The van der Waals surface area contributed by atoms with E-state index in [1.807, 2.05) is 0 Å². The molecule has 0 saturated carbocycles. The van der Waals surface area contributed by atoms with Crippen LogP contribution in [0.4, 0.5) is 0 Å². The van der Waals surface area contributed by atoms with Crippen LogP contribution in [0.5, 0.6) is 0 Å². The van der Waals surface area contributed by atoms with Crippen LogP contribution in [0.1, 0.15) is 239 Å². The lowest BCUT2D eigenvalue weighted by Gasteiger charge is -2.18. The number of carbonyl (C=O) groups is 3. The van der Waals surface area contributed by atoms with Crippen molar-refractivity contribution in [2.24, 2.45) is 0 Å². The molecule has 0 aliphatic heterocycles. The molecule has 0 aliphatic rings. The smallest absolute Gasteiger partial charge is 0.306 e. The summed E-state index contributed by atoms with van der Waals surface area (Å²) in [7, 11) is 0. The molecule has 0 heterocycles. The van der Waals surface area contributed by atoms with E-state index in [9.17, 15) is 14.4 Å². The maximum Gasteiger partial charge on any atom is 0.306 e. The van der Waals surface area contributed by atoms with E-state index in [0.717, 1.165) is 167 Å². The molecule has 420 valence electrons. The number of esters is 3. The quantitative estimate of drug-likeness (QED) is 0.0261. The van der Waals surface area contributed by atoms with Crippen LogP contribution in [0, 0.1) is 0 Å². The third kappa shape index (κ3) is 59.8. The van der Waals surface area contributed by atoms with Crippen molar-refractivity contribution in [3.8, 4) is 0 Å². The van der Waals surface area contributed by atoms with Crippen molar-refractivity contribution in [2.75, 3.05) is 13.2 Å². The van der Waals surface area contributed by atoms with Gasteiger partial charge in [-0.1, -0.05) is 237 Å². The van der Waals surface area contributed by atoms with Crippen LogP contribution in [0.15, 0.2) is 158 Å². The normalized spacial score (nSPS) is 13.3. The van der Waals surface area contributed by atoms with E-state index in [1.165, 1.54) is 25.7 Å². The van der Waals surface area contributed by atoms with Crippen molar-refractivity contribution >= 4 is 17.9 Å². The Kier molecular flexibility index (Phi) is 57.5. The molecule has 0 rings (SSSR count). The lowest BCUT2D eigenvalue weighted by molar-refractivity contribution is -0.167. The van der Waals surface area contributed by atoms with Gasteiger partial charge in [-0.25, -0.2) is 0 Å². The Hall–Kier alpha value is -4.97. The molecule has 0 aromatic rings. The van der Waals surface area contributed by atoms with Crippen LogP contribution in [0.3, 0.4) is 0 Å². The van der Waals surface area contributed by atoms with Crippen molar-refractivity contribution in [1.82, 2.24) is 0 Å². The highest BCUT2D eigenvalue weighted by Gasteiger charge is 2.19. The summed E-state index contributed by atoms with van der Waals surface area (Å²) in [4.78, 5) is 38.2. The van der Waals surface area contributed by atoms with Gasteiger partial charge in [-0.15, -0.1) is 0 Å². The zero-order valence-corrected chi connectivity index (χ0v) is 48.0. The zero-order chi connectivity index (χ0) is 54.3. The van der Waals surface area contributed by atoms with E-state index in [4.69, 9.17) is 14.2 Å². The fourth-order valence-corrected chi connectivity index (χ4v) is 7.57. The molecule has 0 aliphatic carbocycles. The van der Waals surface area contributed by atoms with Crippen LogP contribution >= 0.6 is 0 Å². The van der Waals surface area contributed by atoms with Gasteiger partial charge in [-0.3, -0.25) is 14.4 Å². The maximum absolute atomic E-state index is 12.9. The highest BCUT2D eigenvalue weighted by molar-refractivity contribution is 5.71. The summed E-state index contributed by atoms with van der Waals surface area (Å²) in [6, 6.07) is 0. The van der Waals surface area contributed by atoms with Crippen LogP contribution < -0.4 is 0 Å². The SMILES string of the molecule is CC/C=C\C/C=C\C/C=C\C/C=C\C/C=C\C/C=C\C/C=C\C/C=C\CCCCC(=O)OCC(COC(=O)CCCCCCC/C=C\C/C=C\CCC)OC(=O)CCCCCCCCC/C=C\C/C=C\C/C=C\CC. The van der Waals surface area contributed by atoms with Gasteiger partial charge in [0.05, 0.1) is 0 Å². The van der Waals surface area contributed by atoms with Crippen LogP contribution in [-0.2, 0) is 28.6 Å². The molecule has 0 bridgehead atoms. The average molecular weight is 1030 g/mol. The predicted molar refractivity (Wildman–Crippen MR) is 325 cm³/mol. The molecule has 0 fully saturated rings. The second-order valence-corrected chi connectivity index (χ2v) is 19.1. The number of allylic oxidation sites excluding steroid dienone is 26. The molecule has 0 aromatic heterocycles. The van der Waals surface area contributed by atoms with Gasteiger partial charge in [0, 0.05) is 19.3 Å². The maximum atomic E-state index is 12.9. The largest absolute Gasteiger partial charge is 0.462 e. The minimum absolute atomic E-state index is 0.110. The second-order valence-electron chi connectivity index (χ2n) is 19.1. The highest BCUT2D eigenvalue weighted by Crippen LogP contribution is 2.13. The minimum atomic E-state index is -0.816. The Morgan fingerprint density at radius 2 is 0.520 bits per heavy atom. The Bertz CT molecular complexity index is 1710. The summed E-state index contributed by atoms with van der Waals surface area (Å²) in [6.45, 7) is 6.28. The van der Waals surface area contributed by atoms with E-state index in [-0.39, 0.29) is 31.1 Å². The van der Waals surface area contributed by atoms with Gasteiger partial charge in [0.15, 0.2) is 6.10 Å². The molecular weight excluding hydrogens is 925 g/mol. The van der Waals surface area contributed by atoms with Gasteiger partial charge in [0.2, 0.25) is 0 Å². The molecule has 75 heavy (non-hydrogen) atoms. The molecular formula is C69H108O6. The first kappa shape index (κ1) is 70.0. The van der Waals surface area contributed by atoms with Gasteiger partial charge in [-0.2, -0.15) is 0 Å². The van der Waals surface area contributed by atoms with Crippen molar-refractivity contribution in [3.63, 3.8) is 0 Å². The molecule has 6 heteroatoms. The first-order chi connectivity index (χ1) is 37.0. The summed E-state index contributed by atoms with van der Waals surface area (Å²) in [6.07, 6.45) is 89.5. The highest BCUT2D eigenvalue weighted by atomic mass is 16.6. The van der Waals surface area contributed by atoms with Gasteiger partial charge < -0.3 is 14.2 Å². The van der Waals surface area contributed by atoms with E-state index >= 15 is 0 Å². The summed E-state index contributed by atoms with van der Waals surface area (Å²) in [5.74, 6) is -0.986. The van der Waals surface area contributed by atoms with E-state index in [2.05, 4.69) is 179 Å². The fourth-order valence-electron chi connectivity index (χ4n) is 7.57. The number of ether oxygens (including phenoxy) is 3. The number of hydrogen-bond acceptors (Lipinski definition) is 6. The summed E-state index contributed by atoms with van der Waals surface area (Å²) < 4.78 is 16.8. The molecule has 6 nitrogen and oxygen atoms in total. The second kappa shape index (κ2) is 61.6. The number of unbranched alkanes of at least 4 members (excludes halogenated alkanes) is 15. The average Bonchev–Trinajstić information content (AvgIpc) is 3.41. The van der Waals surface area contributed by atoms with Gasteiger partial charge in [0.25, 0.3) is 0 Å². The Labute approximate surface area is 460 Å².